The fourth-order valence-corrected chi connectivity index (χ4v) is 4.23. The van der Waals surface area contributed by atoms with E-state index >= 15 is 0 Å². The van der Waals surface area contributed by atoms with Crippen LogP contribution in [0.4, 0.5) is 0 Å². The highest BCUT2D eigenvalue weighted by atomic mass is 32.1. The third-order valence-electron chi connectivity index (χ3n) is 5.05. The molecule has 28 heavy (non-hydrogen) atoms. The van der Waals surface area contributed by atoms with Gasteiger partial charge in [0.05, 0.1) is 17.8 Å². The molecule has 2 aromatic heterocycles. The summed E-state index contributed by atoms with van der Waals surface area (Å²) in [5.41, 5.74) is 3.51. The number of fused-ring (bicyclic) bond motifs is 1. The van der Waals surface area contributed by atoms with Gasteiger partial charge in [0.25, 0.3) is 5.56 Å². The van der Waals surface area contributed by atoms with Gasteiger partial charge in [-0.1, -0.05) is 61.5 Å². The Morgan fingerprint density at radius 1 is 1.11 bits per heavy atom. The number of nitrogens with zero attached hydrogens (tertiary/aromatic N) is 2. The van der Waals surface area contributed by atoms with Crippen LogP contribution in [0.1, 0.15) is 35.8 Å². The predicted octanol–water partition coefficient (Wildman–Crippen LogP) is 5.13. The lowest BCUT2D eigenvalue weighted by molar-refractivity contribution is 0.0932. The van der Waals surface area contributed by atoms with Gasteiger partial charge >= 0.3 is 0 Å². The van der Waals surface area contributed by atoms with Crippen LogP contribution in [0.2, 0.25) is 0 Å². The fourth-order valence-electron chi connectivity index (χ4n) is 3.32. The van der Waals surface area contributed by atoms with Gasteiger partial charge in [0.2, 0.25) is 0 Å². The molecule has 0 saturated heterocycles. The molecule has 0 aliphatic rings. The lowest BCUT2D eigenvalue weighted by Gasteiger charge is -2.14. The summed E-state index contributed by atoms with van der Waals surface area (Å²) in [6.07, 6.45) is 2.45. The Kier molecular flexibility index (Phi) is 4.92. The molecule has 1 unspecified atom stereocenters. The van der Waals surface area contributed by atoms with E-state index in [0.717, 1.165) is 17.5 Å². The molecule has 0 aliphatic carbocycles. The van der Waals surface area contributed by atoms with E-state index in [9.17, 15) is 9.59 Å². The average Bonchev–Trinajstić information content (AvgIpc) is 3.19. The summed E-state index contributed by atoms with van der Waals surface area (Å²) >= 11 is 1.45. The lowest BCUT2D eigenvalue weighted by Crippen LogP contribution is -2.28. The minimum Gasteiger partial charge on any atom is -0.292 e. The number of benzene rings is 2. The topological polar surface area (TPSA) is 52.0 Å². The number of carbonyl (C=O) groups is 1. The molecule has 4 aromatic rings. The van der Waals surface area contributed by atoms with Crippen LogP contribution in [-0.2, 0) is 6.42 Å². The van der Waals surface area contributed by atoms with Crippen LogP contribution in [0, 0.1) is 0 Å². The molecular weight excluding hydrogens is 368 g/mol. The quantitative estimate of drug-likeness (QED) is 0.445. The first kappa shape index (κ1) is 18.3. The maximum absolute atomic E-state index is 13.3. The van der Waals surface area contributed by atoms with Crippen molar-refractivity contribution in [1.29, 1.82) is 0 Å². The largest absolute Gasteiger partial charge is 0.292 e. The summed E-state index contributed by atoms with van der Waals surface area (Å²) in [5, 5.41) is 2.54. The van der Waals surface area contributed by atoms with Gasteiger partial charge in [0.15, 0.2) is 5.78 Å². The summed E-state index contributed by atoms with van der Waals surface area (Å²) < 4.78 is 1.44. The molecule has 140 valence electrons. The molecule has 0 spiro atoms. The zero-order chi connectivity index (χ0) is 19.7. The number of aromatic nitrogens is 2. The molecule has 0 amide bonds. The smallest absolute Gasteiger partial charge is 0.263 e. The van der Waals surface area contributed by atoms with Crippen LogP contribution in [0.3, 0.4) is 0 Å². The van der Waals surface area contributed by atoms with Crippen molar-refractivity contribution in [3.63, 3.8) is 0 Å². The molecule has 2 aromatic carbocycles. The van der Waals surface area contributed by atoms with Crippen LogP contribution < -0.4 is 5.56 Å². The zero-order valence-corrected chi connectivity index (χ0v) is 16.6. The standard InChI is InChI=1S/C23H20N2O2S/c1-3-16-9-11-17(12-10-16)19-13-28-22-20(19)23(27)25(14-24-22)15(2)21(26)18-7-5-4-6-8-18/h4-15H,3H2,1-2H3. The summed E-state index contributed by atoms with van der Waals surface area (Å²) in [6, 6.07) is 16.6. The van der Waals surface area contributed by atoms with Gasteiger partial charge in [-0.3, -0.25) is 14.2 Å². The Bertz CT molecular complexity index is 1190. The summed E-state index contributed by atoms with van der Waals surface area (Å²) in [7, 11) is 0. The first-order valence-electron chi connectivity index (χ1n) is 9.27. The van der Waals surface area contributed by atoms with Crippen molar-refractivity contribution in [2.24, 2.45) is 0 Å². The van der Waals surface area contributed by atoms with Crippen LogP contribution >= 0.6 is 11.3 Å². The molecule has 0 aliphatic heterocycles. The zero-order valence-electron chi connectivity index (χ0n) is 15.8. The van der Waals surface area contributed by atoms with Gasteiger partial charge in [0.1, 0.15) is 4.83 Å². The summed E-state index contributed by atoms with van der Waals surface area (Å²) in [5.74, 6) is -0.104. The SMILES string of the molecule is CCc1ccc(-c2csc3ncn(C(C)C(=O)c4ccccc4)c(=O)c23)cc1. The number of ketones is 1. The third kappa shape index (κ3) is 3.18. The Balaban J connectivity index is 1.80. The van der Waals surface area contributed by atoms with E-state index in [1.807, 2.05) is 35.7 Å². The van der Waals surface area contributed by atoms with Crippen LogP contribution in [0.25, 0.3) is 21.3 Å². The lowest BCUT2D eigenvalue weighted by atomic mass is 10.0. The van der Waals surface area contributed by atoms with Crippen LogP contribution in [-0.4, -0.2) is 15.3 Å². The number of carbonyl (C=O) groups excluding carboxylic acids is 1. The first-order valence-corrected chi connectivity index (χ1v) is 10.1. The molecule has 5 heteroatoms. The first-order chi connectivity index (χ1) is 13.6. The Morgan fingerprint density at radius 2 is 1.82 bits per heavy atom. The molecule has 0 saturated carbocycles. The van der Waals surface area contributed by atoms with E-state index in [1.165, 1.54) is 27.8 Å². The molecule has 4 nitrogen and oxygen atoms in total. The van der Waals surface area contributed by atoms with Crippen molar-refractivity contribution in [3.8, 4) is 11.1 Å². The van der Waals surface area contributed by atoms with E-state index in [4.69, 9.17) is 0 Å². The highest BCUT2D eigenvalue weighted by Gasteiger charge is 2.21. The Hall–Kier alpha value is -3.05. The van der Waals surface area contributed by atoms with Crippen molar-refractivity contribution < 1.29 is 4.79 Å². The van der Waals surface area contributed by atoms with Gasteiger partial charge in [-0.2, -0.15) is 0 Å². The minimum atomic E-state index is -0.623. The number of hydrogen-bond donors (Lipinski definition) is 0. The predicted molar refractivity (Wildman–Crippen MR) is 114 cm³/mol. The molecule has 0 bridgehead atoms. The van der Waals surface area contributed by atoms with Gasteiger partial charge in [-0.25, -0.2) is 4.98 Å². The van der Waals surface area contributed by atoms with E-state index in [1.54, 1.807) is 19.1 Å². The fraction of sp³-hybridized carbons (Fsp3) is 0.174. The molecule has 0 radical (unpaired) electrons. The molecule has 0 fully saturated rings. The van der Waals surface area contributed by atoms with E-state index < -0.39 is 6.04 Å². The van der Waals surface area contributed by atoms with E-state index in [-0.39, 0.29) is 11.3 Å². The number of Topliss-reactive ketones (excluding diaryl/α,β-unsaturated/α-hetero) is 1. The summed E-state index contributed by atoms with van der Waals surface area (Å²) in [6.45, 7) is 3.86. The van der Waals surface area contributed by atoms with E-state index in [0.29, 0.717) is 15.8 Å². The van der Waals surface area contributed by atoms with Crippen molar-refractivity contribution >= 4 is 27.3 Å². The summed E-state index contributed by atoms with van der Waals surface area (Å²) in [4.78, 5) is 31.2. The second kappa shape index (κ2) is 7.52. The van der Waals surface area contributed by atoms with Gasteiger partial charge < -0.3 is 0 Å². The molecular formula is C23H20N2O2S. The molecule has 2 heterocycles. The Morgan fingerprint density at radius 3 is 2.50 bits per heavy atom. The highest BCUT2D eigenvalue weighted by Crippen LogP contribution is 2.31. The number of thiophene rings is 1. The molecule has 4 rings (SSSR count). The monoisotopic (exact) mass is 388 g/mol. The van der Waals surface area contributed by atoms with Crippen LogP contribution in [0.15, 0.2) is 71.1 Å². The van der Waals surface area contributed by atoms with E-state index in [2.05, 4.69) is 24.0 Å². The van der Waals surface area contributed by atoms with Crippen molar-refractivity contribution in [2.45, 2.75) is 26.3 Å². The van der Waals surface area contributed by atoms with Gasteiger partial charge in [-0.05, 0) is 24.5 Å². The second-order valence-electron chi connectivity index (χ2n) is 6.74. The average molecular weight is 388 g/mol. The van der Waals surface area contributed by atoms with Crippen LogP contribution in [0.5, 0.6) is 0 Å². The normalized spacial score (nSPS) is 12.2. The number of hydrogen-bond acceptors (Lipinski definition) is 4. The van der Waals surface area contributed by atoms with Crippen molar-refractivity contribution in [3.05, 3.63) is 87.8 Å². The number of rotatable bonds is 5. The number of aryl methyl sites for hydroxylation is 1. The van der Waals surface area contributed by atoms with Gasteiger partial charge in [-0.15, -0.1) is 11.3 Å². The second-order valence-corrected chi connectivity index (χ2v) is 7.60. The minimum absolute atomic E-state index is 0.104. The van der Waals surface area contributed by atoms with Crippen molar-refractivity contribution in [1.82, 2.24) is 9.55 Å². The maximum atomic E-state index is 13.3. The third-order valence-corrected chi connectivity index (χ3v) is 5.93. The molecule has 1 atom stereocenters. The van der Waals surface area contributed by atoms with Crippen molar-refractivity contribution in [2.75, 3.05) is 0 Å². The Labute approximate surface area is 167 Å². The molecule has 0 N–H and O–H groups in total. The van der Waals surface area contributed by atoms with Gasteiger partial charge in [0, 0.05) is 16.5 Å². The highest BCUT2D eigenvalue weighted by molar-refractivity contribution is 7.17. The maximum Gasteiger partial charge on any atom is 0.263 e.